The van der Waals surface area contributed by atoms with E-state index in [1.807, 2.05) is 31.3 Å². The van der Waals surface area contributed by atoms with Gasteiger partial charge < -0.3 is 11.1 Å². The van der Waals surface area contributed by atoms with Gasteiger partial charge in [-0.15, -0.1) is 11.3 Å². The molecule has 1 atom stereocenters. The molecule has 0 radical (unpaired) electrons. The summed E-state index contributed by atoms with van der Waals surface area (Å²) in [5, 5.41) is 4.02. The lowest BCUT2D eigenvalue weighted by atomic mass is 10.1. The van der Waals surface area contributed by atoms with E-state index >= 15 is 0 Å². The van der Waals surface area contributed by atoms with E-state index in [-0.39, 0.29) is 11.9 Å². The van der Waals surface area contributed by atoms with Crippen molar-refractivity contribution in [2.75, 3.05) is 11.9 Å². The maximum atomic E-state index is 12.8. The van der Waals surface area contributed by atoms with Gasteiger partial charge in [-0.05, 0) is 50.5 Å². The predicted molar refractivity (Wildman–Crippen MR) is 156 cm³/mol. The van der Waals surface area contributed by atoms with Crippen LogP contribution < -0.4 is 11.1 Å². The number of anilines is 1. The highest BCUT2D eigenvalue weighted by Gasteiger charge is 2.32. The van der Waals surface area contributed by atoms with Crippen molar-refractivity contribution in [2.24, 2.45) is 15.7 Å². The number of alkyl halides is 3. The van der Waals surface area contributed by atoms with Crippen LogP contribution in [-0.2, 0) is 4.79 Å². The number of nitrogens with two attached hydrogens (primary N) is 1. The first-order valence-corrected chi connectivity index (χ1v) is 13.9. The van der Waals surface area contributed by atoms with Crippen molar-refractivity contribution in [1.82, 2.24) is 4.98 Å². The number of carbonyl (C=O) groups is 1. The highest BCUT2D eigenvalue weighted by Crippen LogP contribution is 2.33. The van der Waals surface area contributed by atoms with Crippen molar-refractivity contribution in [3.05, 3.63) is 35.0 Å². The predicted octanol–water partition coefficient (Wildman–Crippen LogP) is 8.52. The van der Waals surface area contributed by atoms with Crippen molar-refractivity contribution in [1.29, 1.82) is 0 Å². The van der Waals surface area contributed by atoms with Gasteiger partial charge in [0.25, 0.3) is 0 Å². The fraction of sp³-hybridized carbons (Fsp3) is 0.571. The van der Waals surface area contributed by atoms with Crippen molar-refractivity contribution >= 4 is 34.6 Å². The van der Waals surface area contributed by atoms with Crippen LogP contribution in [0.25, 0.3) is 10.4 Å². The molecule has 0 fully saturated rings. The number of amides is 1. The number of carbonyl (C=O) groups excluding carboxylic acids is 1. The molecule has 0 saturated heterocycles. The van der Waals surface area contributed by atoms with E-state index in [0.717, 1.165) is 40.8 Å². The molecule has 1 aromatic carbocycles. The normalized spacial score (nSPS) is 12.6. The summed E-state index contributed by atoms with van der Waals surface area (Å²) < 4.78 is 38.5. The number of hydrogen-bond acceptors (Lipinski definition) is 4. The van der Waals surface area contributed by atoms with Gasteiger partial charge in [0, 0.05) is 31.3 Å². The molecule has 0 unspecified atom stereocenters. The summed E-state index contributed by atoms with van der Waals surface area (Å²) in [5.74, 6) is 0.0181. The maximum Gasteiger partial charge on any atom is 0.429 e. The number of nitrogens with one attached hydrogen (secondary N) is 1. The molecule has 1 heterocycles. The molecule has 0 saturated carbocycles. The second-order valence-corrected chi connectivity index (χ2v) is 9.98. The number of rotatable bonds is 8. The Morgan fingerprint density at radius 1 is 1.11 bits per heavy atom. The summed E-state index contributed by atoms with van der Waals surface area (Å²) in [5.41, 5.74) is 6.12. The molecular formula is C28H44F3N5OS. The first kappa shape index (κ1) is 35.2. The minimum atomic E-state index is -4.48. The molecule has 6 nitrogen and oxygen atoms in total. The Morgan fingerprint density at radius 3 is 2.18 bits per heavy atom. The zero-order valence-electron chi connectivity index (χ0n) is 24.0. The van der Waals surface area contributed by atoms with Crippen LogP contribution in [0.1, 0.15) is 97.1 Å². The molecular weight excluding hydrogens is 511 g/mol. The first-order chi connectivity index (χ1) is 17.8. The lowest BCUT2D eigenvalue weighted by molar-refractivity contribution is -0.115. The lowest BCUT2D eigenvalue weighted by Gasteiger charge is -2.11. The van der Waals surface area contributed by atoms with Crippen LogP contribution in [0.3, 0.4) is 0 Å². The molecule has 3 N–H and O–H groups in total. The van der Waals surface area contributed by atoms with Crippen molar-refractivity contribution in [3.8, 4) is 10.4 Å². The number of thiazole rings is 1. The van der Waals surface area contributed by atoms with Crippen LogP contribution in [0.15, 0.2) is 34.4 Å². The van der Waals surface area contributed by atoms with Crippen LogP contribution >= 0.6 is 11.3 Å². The van der Waals surface area contributed by atoms with Gasteiger partial charge in [0.1, 0.15) is 5.71 Å². The summed E-state index contributed by atoms with van der Waals surface area (Å²) >= 11 is 1.65. The first-order valence-electron chi connectivity index (χ1n) is 13.1. The van der Waals surface area contributed by atoms with Gasteiger partial charge in [0.2, 0.25) is 11.9 Å². The average Bonchev–Trinajstić information content (AvgIpc) is 3.30. The summed E-state index contributed by atoms with van der Waals surface area (Å²) in [6.45, 7) is 15.0. The molecule has 0 bridgehead atoms. The summed E-state index contributed by atoms with van der Waals surface area (Å²) in [6.07, 6.45) is 3.64. The van der Waals surface area contributed by atoms with Crippen LogP contribution in [0.2, 0.25) is 0 Å². The van der Waals surface area contributed by atoms with E-state index in [0.29, 0.717) is 18.2 Å². The van der Waals surface area contributed by atoms with Gasteiger partial charge in [-0.25, -0.2) is 9.98 Å². The van der Waals surface area contributed by atoms with Gasteiger partial charge in [-0.3, -0.25) is 9.79 Å². The zero-order valence-corrected chi connectivity index (χ0v) is 24.8. The number of nitrogens with zero attached hydrogens (tertiary/aromatic N) is 3. The summed E-state index contributed by atoms with van der Waals surface area (Å²) in [7, 11) is 0. The van der Waals surface area contributed by atoms with Crippen molar-refractivity contribution < 1.29 is 18.0 Å². The van der Waals surface area contributed by atoms with E-state index in [1.54, 1.807) is 18.3 Å². The third-order valence-corrected chi connectivity index (χ3v) is 6.26. The largest absolute Gasteiger partial charge is 0.429 e. The molecule has 0 spiro atoms. The molecule has 38 heavy (non-hydrogen) atoms. The molecule has 1 amide bonds. The summed E-state index contributed by atoms with van der Waals surface area (Å²) in [4.78, 5) is 22.5. The van der Waals surface area contributed by atoms with Gasteiger partial charge in [-0.2, -0.15) is 13.2 Å². The maximum absolute atomic E-state index is 12.8. The SMILES string of the molecule is CC(N)=O.CCCCC.CCC[C@@H](C)c1ncc(-c2cc(C)cc(NC(=NCC)/N=C(\C)C(F)(F)F)c2)s1. The number of halogens is 3. The quantitative estimate of drug-likeness (QED) is 0.252. The Kier molecular flexibility index (Phi) is 17.2. The fourth-order valence-corrected chi connectivity index (χ4v) is 4.15. The smallest absolute Gasteiger partial charge is 0.370 e. The Hall–Kier alpha value is -2.75. The molecule has 10 heteroatoms. The Bertz CT molecular complexity index is 1030. The number of aromatic nitrogens is 1. The second kappa shape index (κ2) is 18.5. The van der Waals surface area contributed by atoms with Gasteiger partial charge in [0.15, 0.2) is 0 Å². The number of aliphatic imine (C=N–C) groups is 2. The average molecular weight is 556 g/mol. The minimum Gasteiger partial charge on any atom is -0.370 e. The number of unbranched alkanes of at least 4 members (excludes halogenated alkanes) is 2. The molecule has 2 aromatic rings. The Balaban J connectivity index is 0.00000131. The number of benzene rings is 1. The second-order valence-electron chi connectivity index (χ2n) is 8.92. The monoisotopic (exact) mass is 555 g/mol. The topological polar surface area (TPSA) is 92.7 Å². The van der Waals surface area contributed by atoms with Crippen LogP contribution in [0.4, 0.5) is 18.9 Å². The highest BCUT2D eigenvalue weighted by molar-refractivity contribution is 7.15. The van der Waals surface area contributed by atoms with Gasteiger partial charge in [-0.1, -0.05) is 59.4 Å². The zero-order chi connectivity index (χ0) is 29.3. The van der Waals surface area contributed by atoms with Gasteiger partial charge in [0.05, 0.1) is 9.88 Å². The molecule has 0 aliphatic heterocycles. The van der Waals surface area contributed by atoms with Crippen LogP contribution in [0, 0.1) is 6.92 Å². The van der Waals surface area contributed by atoms with Crippen LogP contribution in [0.5, 0.6) is 0 Å². The molecule has 214 valence electrons. The standard InChI is InChI=1S/C21H27F3N4S.C5H12.C2H5NO/c1-6-8-14(4)19-26-12-18(29-19)16-9-13(3)10-17(11-16)28-20(25-7-2)27-15(5)21(22,23)24;1-3-5-4-2;1-2(3)4/h9-12,14H,6-8H2,1-5H3,(H,25,28);3-5H2,1-2H3;1H3,(H2,3,4)/b27-15+;;/t14-;;/m1../s1. The van der Waals surface area contributed by atoms with E-state index in [1.165, 1.54) is 26.2 Å². The van der Waals surface area contributed by atoms with Crippen LogP contribution in [-0.4, -0.2) is 35.3 Å². The lowest BCUT2D eigenvalue weighted by Crippen LogP contribution is -2.23. The van der Waals surface area contributed by atoms with E-state index in [2.05, 4.69) is 53.7 Å². The summed E-state index contributed by atoms with van der Waals surface area (Å²) in [6, 6.07) is 5.78. The molecule has 1 aromatic heterocycles. The van der Waals surface area contributed by atoms with E-state index in [9.17, 15) is 18.0 Å². The molecule has 2 rings (SSSR count). The third kappa shape index (κ3) is 14.9. The number of guanidine groups is 1. The Labute approximate surface area is 230 Å². The molecule has 0 aliphatic rings. The molecule has 0 aliphatic carbocycles. The number of primary amides is 1. The van der Waals surface area contributed by atoms with Crippen molar-refractivity contribution in [3.63, 3.8) is 0 Å². The highest BCUT2D eigenvalue weighted by atomic mass is 32.1. The number of hydrogen-bond donors (Lipinski definition) is 2. The fourth-order valence-electron chi connectivity index (χ4n) is 3.16. The van der Waals surface area contributed by atoms with E-state index in [4.69, 9.17) is 0 Å². The van der Waals surface area contributed by atoms with Crippen molar-refractivity contribution in [2.45, 2.75) is 99.6 Å². The third-order valence-electron chi connectivity index (χ3n) is 4.98. The number of aryl methyl sites for hydroxylation is 1. The minimum absolute atomic E-state index is 0.0552. The Morgan fingerprint density at radius 2 is 1.71 bits per heavy atom. The van der Waals surface area contributed by atoms with E-state index < -0.39 is 11.9 Å². The van der Waals surface area contributed by atoms with Gasteiger partial charge >= 0.3 is 6.18 Å².